The van der Waals surface area contributed by atoms with Crippen LogP contribution in [-0.2, 0) is 9.59 Å². The van der Waals surface area contributed by atoms with E-state index in [9.17, 15) is 14.4 Å². The van der Waals surface area contributed by atoms with Crippen LogP contribution >= 0.6 is 0 Å². The molecule has 2 aromatic heterocycles. The summed E-state index contributed by atoms with van der Waals surface area (Å²) in [4.78, 5) is 42.9. The number of pyridine rings is 1. The summed E-state index contributed by atoms with van der Waals surface area (Å²) in [5.41, 5.74) is 3.78. The molecule has 0 spiro atoms. The number of carbonyl (C=O) groups excluding carboxylic acids is 3. The molecular weight excluding hydrogens is 416 g/mol. The molecule has 5 rings (SSSR count). The van der Waals surface area contributed by atoms with E-state index < -0.39 is 17.8 Å². The van der Waals surface area contributed by atoms with E-state index >= 15 is 0 Å². The summed E-state index contributed by atoms with van der Waals surface area (Å²) >= 11 is 0. The third-order valence-corrected chi connectivity index (χ3v) is 5.78. The van der Waals surface area contributed by atoms with E-state index in [2.05, 4.69) is 39.1 Å². The smallest absolute Gasteiger partial charge is 0.318 e. The van der Waals surface area contributed by atoms with Crippen molar-refractivity contribution < 1.29 is 14.4 Å². The quantitative estimate of drug-likeness (QED) is 0.383. The Labute approximate surface area is 190 Å². The zero-order valence-electron chi connectivity index (χ0n) is 18.1. The van der Waals surface area contributed by atoms with Crippen molar-refractivity contribution >= 4 is 40.4 Å². The molecule has 0 saturated carbocycles. The van der Waals surface area contributed by atoms with E-state index in [1.165, 1.54) is 30.6 Å². The van der Waals surface area contributed by atoms with E-state index in [1.54, 1.807) is 0 Å². The summed E-state index contributed by atoms with van der Waals surface area (Å²) in [6, 6.07) is 18.6. The molecule has 7 nitrogen and oxygen atoms in total. The number of aryl methyl sites for hydroxylation is 1. The summed E-state index contributed by atoms with van der Waals surface area (Å²) in [5.74, 6) is -1.39. The Morgan fingerprint density at radius 3 is 2.33 bits per heavy atom. The number of amides is 4. The van der Waals surface area contributed by atoms with Crippen molar-refractivity contribution in [3.05, 3.63) is 95.6 Å². The van der Waals surface area contributed by atoms with Crippen LogP contribution in [0.15, 0.2) is 78.6 Å². The Hall–Kier alpha value is -4.52. The second kappa shape index (κ2) is 7.87. The topological polar surface area (TPSA) is 84.3 Å². The normalized spacial score (nSPS) is 15.4. The molecule has 0 atom stereocenters. The highest BCUT2D eigenvalue weighted by molar-refractivity contribution is 6.39. The van der Waals surface area contributed by atoms with Gasteiger partial charge in [0, 0.05) is 29.5 Å². The second-order valence-corrected chi connectivity index (χ2v) is 7.86. The van der Waals surface area contributed by atoms with Gasteiger partial charge in [0.25, 0.3) is 11.8 Å². The van der Waals surface area contributed by atoms with Crippen LogP contribution in [0.2, 0.25) is 0 Å². The second-order valence-electron chi connectivity index (χ2n) is 7.86. The molecular formula is C26H20N4O3. The number of aromatic nitrogens is 2. The molecule has 33 heavy (non-hydrogen) atoms. The van der Waals surface area contributed by atoms with Crippen molar-refractivity contribution in [1.82, 2.24) is 14.9 Å². The van der Waals surface area contributed by atoms with Crippen LogP contribution in [0, 0.1) is 13.8 Å². The number of nitrogens with one attached hydrogen (secondary N) is 1. The number of imide groups is 2. The average Bonchev–Trinajstić information content (AvgIpc) is 3.09. The Morgan fingerprint density at radius 2 is 1.58 bits per heavy atom. The van der Waals surface area contributed by atoms with Crippen molar-refractivity contribution in [2.75, 3.05) is 4.90 Å². The molecule has 1 saturated heterocycles. The van der Waals surface area contributed by atoms with Crippen molar-refractivity contribution in [2.24, 2.45) is 0 Å². The predicted molar refractivity (Wildman–Crippen MR) is 126 cm³/mol. The predicted octanol–water partition coefficient (Wildman–Crippen LogP) is 4.31. The number of anilines is 1. The van der Waals surface area contributed by atoms with Gasteiger partial charge >= 0.3 is 6.03 Å². The van der Waals surface area contributed by atoms with Crippen LogP contribution in [0.1, 0.15) is 17.0 Å². The Kier molecular flexibility index (Phi) is 4.86. The van der Waals surface area contributed by atoms with Gasteiger partial charge in [-0.15, -0.1) is 0 Å². The number of rotatable bonds is 3. The van der Waals surface area contributed by atoms with Gasteiger partial charge in [0.1, 0.15) is 5.57 Å². The minimum absolute atomic E-state index is 0.106. The largest absolute Gasteiger partial charge is 0.335 e. The van der Waals surface area contributed by atoms with Crippen molar-refractivity contribution in [3.63, 3.8) is 0 Å². The lowest BCUT2D eigenvalue weighted by Gasteiger charge is -2.26. The van der Waals surface area contributed by atoms with E-state index in [1.807, 2.05) is 38.1 Å². The summed E-state index contributed by atoms with van der Waals surface area (Å²) in [6.07, 6.45) is 4.50. The van der Waals surface area contributed by atoms with Gasteiger partial charge in [-0.3, -0.25) is 19.9 Å². The monoisotopic (exact) mass is 436 g/mol. The Bertz CT molecular complexity index is 1470. The highest BCUT2D eigenvalue weighted by atomic mass is 16.2. The molecule has 1 aliphatic heterocycles. The summed E-state index contributed by atoms with van der Waals surface area (Å²) in [5, 5.41) is 4.52. The SMILES string of the molecule is Cc1cc(/C=C2\C(=O)NC(=O)N(c3ccncc3)C2=O)c(C)n1-c1ccc2ccccc2c1. The van der Waals surface area contributed by atoms with Gasteiger partial charge in [0.05, 0.1) is 5.69 Å². The van der Waals surface area contributed by atoms with Gasteiger partial charge in [0.2, 0.25) is 0 Å². The number of fused-ring (bicyclic) bond motifs is 1. The minimum atomic E-state index is -0.782. The van der Waals surface area contributed by atoms with E-state index in [4.69, 9.17) is 0 Å². The highest BCUT2D eigenvalue weighted by Crippen LogP contribution is 2.27. The minimum Gasteiger partial charge on any atom is -0.318 e. The van der Waals surface area contributed by atoms with Crippen LogP contribution < -0.4 is 10.2 Å². The van der Waals surface area contributed by atoms with Gasteiger partial charge in [0.15, 0.2) is 0 Å². The van der Waals surface area contributed by atoms with Crippen molar-refractivity contribution in [2.45, 2.75) is 13.8 Å². The lowest BCUT2D eigenvalue weighted by atomic mass is 10.1. The average molecular weight is 436 g/mol. The molecule has 0 aliphatic carbocycles. The highest BCUT2D eigenvalue weighted by Gasteiger charge is 2.37. The zero-order valence-corrected chi connectivity index (χ0v) is 18.1. The van der Waals surface area contributed by atoms with Gasteiger partial charge < -0.3 is 4.57 Å². The molecule has 2 aromatic carbocycles. The number of hydrogen-bond donors (Lipinski definition) is 1. The fourth-order valence-electron chi connectivity index (χ4n) is 4.19. The van der Waals surface area contributed by atoms with Crippen LogP contribution in [-0.4, -0.2) is 27.4 Å². The Morgan fingerprint density at radius 1 is 0.848 bits per heavy atom. The lowest BCUT2D eigenvalue weighted by Crippen LogP contribution is -2.54. The molecule has 0 unspecified atom stereocenters. The number of nitrogens with zero attached hydrogens (tertiary/aromatic N) is 3. The molecule has 162 valence electrons. The molecule has 1 aliphatic rings. The van der Waals surface area contributed by atoms with Crippen molar-refractivity contribution in [1.29, 1.82) is 0 Å². The number of hydrogen-bond acceptors (Lipinski definition) is 4. The maximum atomic E-state index is 13.1. The maximum absolute atomic E-state index is 13.1. The van der Waals surface area contributed by atoms with E-state index in [-0.39, 0.29) is 5.57 Å². The standard InChI is InChI=1S/C26H20N4O3/c1-16-13-20(17(2)29(16)22-8-7-18-5-3-4-6-19(18)14-22)15-23-24(31)28-26(33)30(25(23)32)21-9-11-27-12-10-21/h3-15H,1-2H3,(H,28,31,33)/b23-15+. The molecule has 1 N–H and O–H groups in total. The fourth-order valence-corrected chi connectivity index (χ4v) is 4.19. The molecule has 1 fully saturated rings. The first-order chi connectivity index (χ1) is 15.9. The lowest BCUT2D eigenvalue weighted by molar-refractivity contribution is -0.122. The van der Waals surface area contributed by atoms with Gasteiger partial charge in [-0.2, -0.15) is 0 Å². The van der Waals surface area contributed by atoms with Crippen molar-refractivity contribution in [3.8, 4) is 5.69 Å². The molecule has 0 bridgehead atoms. The van der Waals surface area contributed by atoms with Gasteiger partial charge in [-0.1, -0.05) is 30.3 Å². The molecule has 7 heteroatoms. The van der Waals surface area contributed by atoms with Crippen LogP contribution in [0.3, 0.4) is 0 Å². The van der Waals surface area contributed by atoms with E-state index in [0.717, 1.165) is 38.3 Å². The summed E-state index contributed by atoms with van der Waals surface area (Å²) in [6.45, 7) is 3.91. The van der Waals surface area contributed by atoms with Gasteiger partial charge in [-0.05, 0) is 66.6 Å². The molecule has 4 amide bonds. The third kappa shape index (κ3) is 3.49. The molecule has 4 aromatic rings. The zero-order chi connectivity index (χ0) is 23.1. The fraction of sp³-hybridized carbons (Fsp3) is 0.0769. The number of urea groups is 1. The first-order valence-electron chi connectivity index (χ1n) is 10.4. The van der Waals surface area contributed by atoms with Crippen LogP contribution in [0.4, 0.5) is 10.5 Å². The number of carbonyl (C=O) groups is 3. The molecule has 3 heterocycles. The molecule has 0 radical (unpaired) electrons. The maximum Gasteiger partial charge on any atom is 0.335 e. The first-order valence-corrected chi connectivity index (χ1v) is 10.4. The van der Waals surface area contributed by atoms with E-state index in [0.29, 0.717) is 5.69 Å². The van der Waals surface area contributed by atoms with Gasteiger partial charge in [-0.25, -0.2) is 9.69 Å². The van der Waals surface area contributed by atoms with Crippen LogP contribution in [0.25, 0.3) is 22.5 Å². The number of barbiturate groups is 1. The Balaban J connectivity index is 1.57. The van der Waals surface area contributed by atoms with Crippen LogP contribution in [0.5, 0.6) is 0 Å². The third-order valence-electron chi connectivity index (χ3n) is 5.78. The first kappa shape index (κ1) is 20.4. The number of benzene rings is 2. The summed E-state index contributed by atoms with van der Waals surface area (Å²) in [7, 11) is 0. The summed E-state index contributed by atoms with van der Waals surface area (Å²) < 4.78 is 2.08.